The number of hydrogen-bond acceptors (Lipinski definition) is 4. The highest BCUT2D eigenvalue weighted by Gasteiger charge is 2.15. The standard InChI is InChI=1S/C17H27NO4S/c1-4-6-7-14(5-2)12-18-23(20,21)13-15-8-10-16(11-9-15)17(19)22-3/h8-11,14,18H,4-7,12-13H2,1-3H3. The molecule has 0 fully saturated rings. The van der Waals surface area contributed by atoms with Crippen molar-refractivity contribution in [2.24, 2.45) is 5.92 Å². The van der Waals surface area contributed by atoms with E-state index in [1.165, 1.54) is 7.11 Å². The second-order valence-electron chi connectivity index (χ2n) is 5.71. The highest BCUT2D eigenvalue weighted by atomic mass is 32.2. The van der Waals surface area contributed by atoms with E-state index in [4.69, 9.17) is 0 Å². The van der Waals surface area contributed by atoms with Crippen LogP contribution in [0.15, 0.2) is 24.3 Å². The molecule has 0 aliphatic carbocycles. The molecule has 23 heavy (non-hydrogen) atoms. The third-order valence-corrected chi connectivity index (χ3v) is 5.19. The van der Waals surface area contributed by atoms with Crippen molar-refractivity contribution in [1.29, 1.82) is 0 Å². The lowest BCUT2D eigenvalue weighted by atomic mass is 10.00. The Morgan fingerprint density at radius 1 is 1.22 bits per heavy atom. The van der Waals surface area contributed by atoms with Crippen LogP contribution in [-0.4, -0.2) is 28.0 Å². The van der Waals surface area contributed by atoms with Crippen molar-refractivity contribution in [3.8, 4) is 0 Å². The third-order valence-electron chi connectivity index (χ3n) is 3.87. The van der Waals surface area contributed by atoms with Gasteiger partial charge in [0.25, 0.3) is 0 Å². The molecule has 0 aliphatic heterocycles. The minimum Gasteiger partial charge on any atom is -0.465 e. The van der Waals surface area contributed by atoms with E-state index in [0.717, 1.165) is 25.7 Å². The molecule has 1 N–H and O–H groups in total. The Kier molecular flexibility index (Phi) is 8.26. The summed E-state index contributed by atoms with van der Waals surface area (Å²) < 4.78 is 31.6. The number of benzene rings is 1. The van der Waals surface area contributed by atoms with Crippen molar-refractivity contribution in [1.82, 2.24) is 4.72 Å². The quantitative estimate of drug-likeness (QED) is 0.664. The number of carbonyl (C=O) groups is 1. The molecule has 0 saturated heterocycles. The summed E-state index contributed by atoms with van der Waals surface area (Å²) in [5.74, 6) is -0.135. The molecule has 6 heteroatoms. The van der Waals surface area contributed by atoms with E-state index in [1.807, 2.05) is 0 Å². The molecule has 1 atom stereocenters. The molecule has 0 bridgehead atoms. The number of carbonyl (C=O) groups excluding carboxylic acids is 1. The molecule has 130 valence electrons. The second kappa shape index (κ2) is 9.67. The number of esters is 1. The first kappa shape index (κ1) is 19.6. The van der Waals surface area contributed by atoms with Gasteiger partial charge in [-0.15, -0.1) is 0 Å². The van der Waals surface area contributed by atoms with Crippen LogP contribution in [0, 0.1) is 5.92 Å². The number of sulfonamides is 1. The van der Waals surface area contributed by atoms with Gasteiger partial charge in [-0.1, -0.05) is 45.2 Å². The van der Waals surface area contributed by atoms with Gasteiger partial charge in [-0.3, -0.25) is 0 Å². The molecule has 0 aromatic heterocycles. The Labute approximate surface area is 139 Å². The van der Waals surface area contributed by atoms with Crippen LogP contribution in [0.25, 0.3) is 0 Å². The lowest BCUT2D eigenvalue weighted by Gasteiger charge is -2.15. The van der Waals surface area contributed by atoms with Crippen LogP contribution in [0.1, 0.15) is 55.5 Å². The average Bonchev–Trinajstić information content (AvgIpc) is 2.54. The van der Waals surface area contributed by atoms with Gasteiger partial charge >= 0.3 is 5.97 Å². The molecule has 1 aromatic carbocycles. The Morgan fingerprint density at radius 2 is 1.87 bits per heavy atom. The summed E-state index contributed by atoms with van der Waals surface area (Å²) in [5, 5.41) is 0. The maximum Gasteiger partial charge on any atom is 0.337 e. The summed E-state index contributed by atoms with van der Waals surface area (Å²) in [6.07, 6.45) is 4.25. The highest BCUT2D eigenvalue weighted by molar-refractivity contribution is 7.88. The van der Waals surface area contributed by atoms with E-state index >= 15 is 0 Å². The molecule has 0 spiro atoms. The lowest BCUT2D eigenvalue weighted by molar-refractivity contribution is 0.0600. The summed E-state index contributed by atoms with van der Waals surface area (Å²) in [5.41, 5.74) is 1.05. The van der Waals surface area contributed by atoms with E-state index in [2.05, 4.69) is 23.3 Å². The van der Waals surface area contributed by atoms with Crippen molar-refractivity contribution in [2.45, 2.75) is 45.3 Å². The van der Waals surface area contributed by atoms with E-state index in [1.54, 1.807) is 24.3 Å². The van der Waals surface area contributed by atoms with E-state index in [9.17, 15) is 13.2 Å². The van der Waals surface area contributed by atoms with Crippen LogP contribution < -0.4 is 4.72 Å². The zero-order chi connectivity index (χ0) is 17.3. The van der Waals surface area contributed by atoms with Gasteiger partial charge in [-0.2, -0.15) is 0 Å². The van der Waals surface area contributed by atoms with E-state index in [0.29, 0.717) is 23.6 Å². The van der Waals surface area contributed by atoms with Crippen molar-refractivity contribution in [2.75, 3.05) is 13.7 Å². The summed E-state index contributed by atoms with van der Waals surface area (Å²) in [6, 6.07) is 6.43. The lowest BCUT2D eigenvalue weighted by Crippen LogP contribution is -2.30. The van der Waals surface area contributed by atoms with Gasteiger partial charge < -0.3 is 4.74 Å². The topological polar surface area (TPSA) is 72.5 Å². The first-order valence-electron chi connectivity index (χ1n) is 8.06. The predicted octanol–water partition coefficient (Wildman–Crippen LogP) is 3.11. The third kappa shape index (κ3) is 7.14. The molecular weight excluding hydrogens is 314 g/mol. The van der Waals surface area contributed by atoms with Gasteiger partial charge in [0.1, 0.15) is 0 Å². The SMILES string of the molecule is CCCCC(CC)CNS(=O)(=O)Cc1ccc(C(=O)OC)cc1. The molecule has 0 radical (unpaired) electrons. The molecule has 0 amide bonds. The van der Waals surface area contributed by atoms with Gasteiger partial charge in [-0.05, 0) is 30.0 Å². The van der Waals surface area contributed by atoms with Gasteiger partial charge in [0, 0.05) is 6.54 Å². The average molecular weight is 341 g/mol. The Hall–Kier alpha value is -1.40. The zero-order valence-electron chi connectivity index (χ0n) is 14.2. The van der Waals surface area contributed by atoms with Gasteiger partial charge in [0.2, 0.25) is 10.0 Å². The summed E-state index contributed by atoms with van der Waals surface area (Å²) in [6.45, 7) is 4.70. The zero-order valence-corrected chi connectivity index (χ0v) is 15.0. The van der Waals surface area contributed by atoms with Crippen LogP contribution in [0.2, 0.25) is 0 Å². The normalized spacial score (nSPS) is 12.8. The van der Waals surface area contributed by atoms with Crippen molar-refractivity contribution in [3.63, 3.8) is 0 Å². The second-order valence-corrected chi connectivity index (χ2v) is 7.52. The number of methoxy groups -OCH3 is 1. The van der Waals surface area contributed by atoms with Crippen molar-refractivity contribution in [3.05, 3.63) is 35.4 Å². The number of rotatable bonds is 10. The summed E-state index contributed by atoms with van der Waals surface area (Å²) >= 11 is 0. The molecule has 0 aliphatic rings. The number of nitrogens with one attached hydrogen (secondary N) is 1. The molecule has 5 nitrogen and oxygen atoms in total. The highest BCUT2D eigenvalue weighted by Crippen LogP contribution is 2.13. The molecule has 1 rings (SSSR count). The fourth-order valence-electron chi connectivity index (χ4n) is 2.31. The van der Waals surface area contributed by atoms with Gasteiger partial charge in [-0.25, -0.2) is 17.9 Å². The Bertz CT molecular complexity index is 581. The van der Waals surface area contributed by atoms with Crippen LogP contribution in [0.5, 0.6) is 0 Å². The summed E-state index contributed by atoms with van der Waals surface area (Å²) in [7, 11) is -2.06. The largest absolute Gasteiger partial charge is 0.465 e. The molecular formula is C17H27NO4S. The molecule has 0 heterocycles. The van der Waals surface area contributed by atoms with Crippen LogP contribution in [-0.2, 0) is 20.5 Å². The number of ether oxygens (including phenoxy) is 1. The first-order valence-corrected chi connectivity index (χ1v) is 9.71. The van der Waals surface area contributed by atoms with E-state index < -0.39 is 16.0 Å². The van der Waals surface area contributed by atoms with Gasteiger partial charge in [0.05, 0.1) is 18.4 Å². The minimum atomic E-state index is -3.37. The van der Waals surface area contributed by atoms with Crippen molar-refractivity contribution >= 4 is 16.0 Å². The molecule has 0 saturated carbocycles. The van der Waals surface area contributed by atoms with Crippen LogP contribution in [0.4, 0.5) is 0 Å². The minimum absolute atomic E-state index is 0.0847. The number of hydrogen-bond donors (Lipinski definition) is 1. The maximum absolute atomic E-state index is 12.2. The van der Waals surface area contributed by atoms with E-state index in [-0.39, 0.29) is 5.75 Å². The summed E-state index contributed by atoms with van der Waals surface area (Å²) in [4.78, 5) is 11.4. The van der Waals surface area contributed by atoms with Crippen LogP contribution in [0.3, 0.4) is 0 Å². The first-order chi connectivity index (χ1) is 10.9. The number of unbranched alkanes of at least 4 members (excludes halogenated alkanes) is 1. The predicted molar refractivity (Wildman–Crippen MR) is 91.7 cm³/mol. The molecule has 1 aromatic rings. The Balaban J connectivity index is 2.59. The fourth-order valence-corrected chi connectivity index (χ4v) is 3.54. The van der Waals surface area contributed by atoms with Crippen LogP contribution >= 0.6 is 0 Å². The Morgan fingerprint density at radius 3 is 2.39 bits per heavy atom. The maximum atomic E-state index is 12.2. The van der Waals surface area contributed by atoms with Crippen molar-refractivity contribution < 1.29 is 17.9 Å². The smallest absolute Gasteiger partial charge is 0.337 e. The monoisotopic (exact) mass is 341 g/mol. The fraction of sp³-hybridized carbons (Fsp3) is 0.588. The van der Waals surface area contributed by atoms with Gasteiger partial charge in [0.15, 0.2) is 0 Å². The molecule has 1 unspecified atom stereocenters.